The molecule has 0 aliphatic carbocycles. The molecule has 0 aliphatic heterocycles. The van der Waals surface area contributed by atoms with Gasteiger partial charge in [0, 0.05) is 22.8 Å². The van der Waals surface area contributed by atoms with E-state index in [1.807, 2.05) is 18.2 Å². The number of methoxy groups -OCH3 is 1. The number of benzene rings is 4. The normalized spacial score (nSPS) is 11.9. The Morgan fingerprint density at radius 1 is 0.833 bits per heavy atom. The second kappa shape index (κ2) is 15.0. The molecule has 10 nitrogen and oxygen atoms in total. The summed E-state index contributed by atoms with van der Waals surface area (Å²) in [5, 5.41) is 6.01. The Kier molecular flexibility index (Phi) is 10.6. The van der Waals surface area contributed by atoms with Crippen LogP contribution in [0.25, 0.3) is 11.1 Å². The van der Waals surface area contributed by atoms with Crippen LogP contribution in [0.5, 0.6) is 5.75 Å². The summed E-state index contributed by atoms with van der Waals surface area (Å²) in [6, 6.07) is 28.3. The lowest BCUT2D eigenvalue weighted by atomic mass is 10.0. The summed E-state index contributed by atoms with van der Waals surface area (Å²) in [5.41, 5.74) is 2.29. The second-order valence-corrected chi connectivity index (χ2v) is 13.1. The largest absolute Gasteiger partial charge is 0.494 e. The molecule has 48 heavy (non-hydrogen) atoms. The third-order valence-corrected chi connectivity index (χ3v) is 8.91. The van der Waals surface area contributed by atoms with Crippen molar-refractivity contribution >= 4 is 68.2 Å². The van der Waals surface area contributed by atoms with Gasteiger partial charge in [-0.05, 0) is 59.0 Å². The highest BCUT2D eigenvalue weighted by atomic mass is 35.5. The molecule has 1 unspecified atom stereocenters. The average Bonchev–Trinajstić information content (AvgIpc) is 3.09. The van der Waals surface area contributed by atoms with Crippen molar-refractivity contribution in [1.29, 1.82) is 0 Å². The predicted octanol–water partition coefficient (Wildman–Crippen LogP) is 7.49. The third-order valence-electron chi connectivity index (χ3n) is 6.90. The van der Waals surface area contributed by atoms with Gasteiger partial charge in [0.2, 0.25) is 0 Å². The Labute approximate surface area is 287 Å². The number of carbonyl (C=O) groups excluding carboxylic acids is 3. The fourth-order valence-electron chi connectivity index (χ4n) is 4.61. The van der Waals surface area contributed by atoms with Crippen molar-refractivity contribution in [1.82, 2.24) is 9.71 Å². The zero-order chi connectivity index (χ0) is 34.3. The molecule has 0 aliphatic rings. The number of rotatable bonds is 10. The van der Waals surface area contributed by atoms with E-state index in [-0.39, 0.29) is 44.9 Å². The van der Waals surface area contributed by atoms with Crippen LogP contribution in [0, 0.1) is 0 Å². The monoisotopic (exact) mass is 702 g/mol. The minimum Gasteiger partial charge on any atom is -0.494 e. The number of anilines is 2. The van der Waals surface area contributed by atoms with Gasteiger partial charge in [0.1, 0.15) is 18.2 Å². The third kappa shape index (κ3) is 8.31. The number of ether oxygens (including phenoxy) is 2. The first-order valence-electron chi connectivity index (χ1n) is 14.2. The van der Waals surface area contributed by atoms with E-state index in [0.717, 1.165) is 5.56 Å². The Hall–Kier alpha value is -5.36. The second-order valence-electron chi connectivity index (χ2n) is 10.2. The summed E-state index contributed by atoms with van der Waals surface area (Å²) < 4.78 is 26.7. The molecular weight excluding hydrogens is 675 g/mol. The SMILES string of the molecule is C=S(=O)(NC(=O)OCc1ccccc1)c1ccccc1-c1ccc(C(=O)Nc2c(OC)cc(Cl)cc2C(=O)Nc2ccc(Cl)cn2)cc1. The first-order chi connectivity index (χ1) is 23.0. The van der Waals surface area contributed by atoms with Crippen molar-refractivity contribution in [2.75, 3.05) is 17.7 Å². The van der Waals surface area contributed by atoms with E-state index in [1.165, 1.54) is 31.5 Å². The minimum atomic E-state index is -3.34. The quantitative estimate of drug-likeness (QED) is 0.128. The van der Waals surface area contributed by atoms with Crippen LogP contribution in [0.15, 0.2) is 114 Å². The van der Waals surface area contributed by atoms with Crippen molar-refractivity contribution in [2.45, 2.75) is 11.5 Å². The van der Waals surface area contributed by atoms with Gasteiger partial charge in [0.15, 0.2) is 0 Å². The molecule has 0 fully saturated rings. The number of nitrogens with zero attached hydrogens (tertiary/aromatic N) is 1. The Morgan fingerprint density at radius 3 is 2.23 bits per heavy atom. The van der Waals surface area contributed by atoms with Crippen molar-refractivity contribution in [2.24, 2.45) is 0 Å². The molecule has 244 valence electrons. The number of carbonyl (C=O) groups is 3. The summed E-state index contributed by atoms with van der Waals surface area (Å²) in [4.78, 5) is 43.5. The molecule has 4 aromatic carbocycles. The lowest BCUT2D eigenvalue weighted by Crippen LogP contribution is -2.31. The van der Waals surface area contributed by atoms with Gasteiger partial charge in [-0.2, -0.15) is 0 Å². The minimum absolute atomic E-state index is 0.000977. The number of hydrogen-bond acceptors (Lipinski definition) is 7. The maximum Gasteiger partial charge on any atom is 0.419 e. The molecule has 3 N–H and O–H groups in total. The van der Waals surface area contributed by atoms with E-state index in [4.69, 9.17) is 32.7 Å². The van der Waals surface area contributed by atoms with E-state index >= 15 is 0 Å². The van der Waals surface area contributed by atoms with Crippen LogP contribution in [-0.4, -0.2) is 40.1 Å². The zero-order valence-electron chi connectivity index (χ0n) is 25.4. The van der Waals surface area contributed by atoms with Crippen molar-refractivity contribution in [3.8, 4) is 16.9 Å². The summed E-state index contributed by atoms with van der Waals surface area (Å²) in [6.45, 7) is 0.000977. The van der Waals surface area contributed by atoms with E-state index in [0.29, 0.717) is 16.1 Å². The standard InChI is InChI=1S/C35H28Cl2N4O6S/c1-46-29-19-26(37)18-28(34(43)39-31-17-16-25(36)20-38-31)32(29)40-33(42)24-14-12-23(13-15-24)27-10-6-7-11-30(27)48(2,45)41-35(44)47-21-22-8-4-3-5-9-22/h3-20H,2,21H2,1H3,(H,40,42)(H,38,39,43)(H,41,44,45). The van der Waals surface area contributed by atoms with E-state index in [2.05, 4.69) is 26.2 Å². The molecule has 3 amide bonds. The topological polar surface area (TPSA) is 136 Å². The number of nitrogens with one attached hydrogen (secondary N) is 3. The van der Waals surface area contributed by atoms with Crippen LogP contribution in [0.3, 0.4) is 0 Å². The van der Waals surface area contributed by atoms with Gasteiger partial charge in [0.25, 0.3) is 11.8 Å². The number of amides is 3. The van der Waals surface area contributed by atoms with Crippen LogP contribution in [-0.2, 0) is 21.1 Å². The number of pyridine rings is 1. The fourth-order valence-corrected chi connectivity index (χ4v) is 6.20. The van der Waals surface area contributed by atoms with E-state index < -0.39 is 27.6 Å². The van der Waals surface area contributed by atoms with Gasteiger partial charge in [-0.25, -0.2) is 18.7 Å². The highest BCUT2D eigenvalue weighted by Crippen LogP contribution is 2.34. The fraction of sp³-hybridized carbons (Fsp3) is 0.0571. The van der Waals surface area contributed by atoms with E-state index in [9.17, 15) is 18.6 Å². The number of halogens is 2. The van der Waals surface area contributed by atoms with Crippen LogP contribution < -0.4 is 20.1 Å². The molecule has 1 aromatic heterocycles. The van der Waals surface area contributed by atoms with Crippen LogP contribution in [0.2, 0.25) is 10.0 Å². The van der Waals surface area contributed by atoms with Crippen molar-refractivity contribution in [3.63, 3.8) is 0 Å². The smallest absolute Gasteiger partial charge is 0.419 e. The van der Waals surface area contributed by atoms with Crippen LogP contribution >= 0.6 is 23.2 Å². The van der Waals surface area contributed by atoms with Crippen LogP contribution in [0.1, 0.15) is 26.3 Å². The predicted molar refractivity (Wildman–Crippen MR) is 188 cm³/mol. The molecule has 5 aromatic rings. The summed E-state index contributed by atoms with van der Waals surface area (Å²) in [5.74, 6) is 3.04. The van der Waals surface area contributed by atoms with Crippen LogP contribution in [0.4, 0.5) is 16.3 Å². The zero-order valence-corrected chi connectivity index (χ0v) is 27.7. The average molecular weight is 704 g/mol. The van der Waals surface area contributed by atoms with Gasteiger partial charge < -0.3 is 20.1 Å². The molecule has 13 heteroatoms. The summed E-state index contributed by atoms with van der Waals surface area (Å²) in [7, 11) is -1.95. The molecular formula is C35H28Cl2N4O6S. The highest BCUT2D eigenvalue weighted by Gasteiger charge is 2.22. The molecule has 0 radical (unpaired) electrons. The molecule has 1 heterocycles. The van der Waals surface area contributed by atoms with E-state index in [1.54, 1.807) is 66.7 Å². The number of hydrogen-bond donors (Lipinski definition) is 3. The lowest BCUT2D eigenvalue weighted by Gasteiger charge is -2.17. The lowest BCUT2D eigenvalue weighted by molar-refractivity contribution is 0.102. The van der Waals surface area contributed by atoms with Gasteiger partial charge >= 0.3 is 6.09 Å². The molecule has 0 spiro atoms. The molecule has 1 atom stereocenters. The Bertz CT molecular complexity index is 2080. The van der Waals surface area contributed by atoms with Gasteiger partial charge in [0.05, 0.1) is 38.0 Å². The number of aromatic nitrogens is 1. The van der Waals surface area contributed by atoms with Gasteiger partial charge in [-0.1, -0.05) is 83.9 Å². The summed E-state index contributed by atoms with van der Waals surface area (Å²) in [6.07, 6.45) is 0.504. The Morgan fingerprint density at radius 2 is 1.54 bits per heavy atom. The first kappa shape index (κ1) is 34.0. The molecule has 5 rings (SSSR count). The molecule has 0 saturated heterocycles. The molecule has 0 bridgehead atoms. The van der Waals surface area contributed by atoms with Gasteiger partial charge in [-0.15, -0.1) is 0 Å². The summed E-state index contributed by atoms with van der Waals surface area (Å²) >= 11 is 12.1. The van der Waals surface area contributed by atoms with Gasteiger partial charge in [-0.3, -0.25) is 9.59 Å². The maximum absolute atomic E-state index is 13.6. The maximum atomic E-state index is 13.6. The molecule has 0 saturated carbocycles. The highest BCUT2D eigenvalue weighted by molar-refractivity contribution is 7.99. The Balaban J connectivity index is 1.34. The van der Waals surface area contributed by atoms with Crippen molar-refractivity contribution in [3.05, 3.63) is 136 Å². The van der Waals surface area contributed by atoms with Crippen molar-refractivity contribution < 1.29 is 28.1 Å². The first-order valence-corrected chi connectivity index (χ1v) is 16.7.